The van der Waals surface area contributed by atoms with E-state index in [1.54, 1.807) is 12.3 Å². The Morgan fingerprint density at radius 2 is 2.04 bits per heavy atom. The zero-order valence-corrected chi connectivity index (χ0v) is 16.7. The van der Waals surface area contributed by atoms with Crippen LogP contribution in [0.1, 0.15) is 51.0 Å². The Morgan fingerprint density at radius 3 is 2.74 bits per heavy atom. The molecule has 0 aromatic carbocycles. The second kappa shape index (κ2) is 7.15. The van der Waals surface area contributed by atoms with Gasteiger partial charge in [-0.05, 0) is 53.0 Å². The van der Waals surface area contributed by atoms with E-state index >= 15 is 0 Å². The summed E-state index contributed by atoms with van der Waals surface area (Å²) in [5, 5.41) is 4.10. The highest BCUT2D eigenvalue weighted by Gasteiger charge is 2.33. The summed E-state index contributed by atoms with van der Waals surface area (Å²) in [5.74, 6) is 1.45. The fourth-order valence-electron chi connectivity index (χ4n) is 4.70. The maximum absolute atomic E-state index is 12.7. The molecule has 6 heteroatoms. The molecule has 27 heavy (non-hydrogen) atoms. The molecule has 3 atom stereocenters. The van der Waals surface area contributed by atoms with Gasteiger partial charge < -0.3 is 19.5 Å². The molecule has 2 aromatic rings. The Balaban J connectivity index is 1.51. The molecule has 2 aromatic heterocycles. The lowest BCUT2D eigenvalue weighted by Gasteiger charge is -2.30. The van der Waals surface area contributed by atoms with Gasteiger partial charge in [-0.3, -0.25) is 9.78 Å². The van der Waals surface area contributed by atoms with Crippen molar-refractivity contribution in [3.8, 4) is 0 Å². The molecule has 2 aliphatic heterocycles. The van der Waals surface area contributed by atoms with Crippen LogP contribution in [-0.4, -0.2) is 53.6 Å². The van der Waals surface area contributed by atoms with Gasteiger partial charge in [-0.15, -0.1) is 0 Å². The van der Waals surface area contributed by atoms with E-state index in [2.05, 4.69) is 47.8 Å². The van der Waals surface area contributed by atoms with Gasteiger partial charge in [-0.2, -0.15) is 0 Å². The highest BCUT2D eigenvalue weighted by atomic mass is 16.4. The van der Waals surface area contributed by atoms with Gasteiger partial charge >= 0.3 is 0 Å². The summed E-state index contributed by atoms with van der Waals surface area (Å²) in [5.41, 5.74) is 1.14. The molecule has 146 valence electrons. The van der Waals surface area contributed by atoms with Crippen molar-refractivity contribution in [1.82, 2.24) is 15.2 Å². The SMILES string of the molecule is CC(C)N(c1cc2cnc(C(=O)N[C@@H]3C[C@H]4CCN(C4)C3)cc2o1)C(C)C. The average molecular weight is 370 g/mol. The summed E-state index contributed by atoms with van der Waals surface area (Å²) in [6, 6.07) is 4.66. The van der Waals surface area contributed by atoms with E-state index < -0.39 is 0 Å². The summed E-state index contributed by atoms with van der Waals surface area (Å²) in [6.07, 6.45) is 4.07. The Bertz CT molecular complexity index is 809. The standard InChI is InChI=1S/C21H30N4O2/c1-13(2)25(14(3)4)20-8-16-10-22-18(9-19(16)27-20)21(26)23-17-7-15-5-6-24(11-15)12-17/h8-10,13-15,17H,5-7,11-12H2,1-4H3,(H,23,26)/t15-,17-/m1/s1. The average Bonchev–Trinajstić information content (AvgIpc) is 3.15. The number of piperidine rings is 1. The topological polar surface area (TPSA) is 61.6 Å². The molecular weight excluding hydrogens is 340 g/mol. The van der Waals surface area contributed by atoms with Gasteiger partial charge in [-0.1, -0.05) is 0 Å². The maximum Gasteiger partial charge on any atom is 0.270 e. The number of nitrogens with one attached hydrogen (secondary N) is 1. The normalized spacial score (nSPS) is 24.7. The van der Waals surface area contributed by atoms with Gasteiger partial charge in [-0.25, -0.2) is 0 Å². The third-order valence-electron chi connectivity index (χ3n) is 5.79. The van der Waals surface area contributed by atoms with Gasteiger partial charge in [0, 0.05) is 54.9 Å². The molecule has 4 heterocycles. The predicted molar refractivity (Wildman–Crippen MR) is 107 cm³/mol. The first kappa shape index (κ1) is 18.3. The molecule has 2 bridgehead atoms. The molecule has 2 saturated heterocycles. The number of aromatic nitrogens is 1. The summed E-state index contributed by atoms with van der Waals surface area (Å²) in [4.78, 5) is 21.8. The first-order valence-electron chi connectivity index (χ1n) is 10.1. The van der Waals surface area contributed by atoms with Crippen LogP contribution in [0.2, 0.25) is 0 Å². The molecule has 0 spiro atoms. The number of amides is 1. The Morgan fingerprint density at radius 1 is 1.26 bits per heavy atom. The van der Waals surface area contributed by atoms with E-state index in [1.807, 2.05) is 6.07 Å². The van der Waals surface area contributed by atoms with Crippen molar-refractivity contribution < 1.29 is 9.21 Å². The van der Waals surface area contributed by atoms with Gasteiger partial charge in [0.15, 0.2) is 5.88 Å². The summed E-state index contributed by atoms with van der Waals surface area (Å²) in [6.45, 7) is 11.9. The molecule has 0 saturated carbocycles. The first-order chi connectivity index (χ1) is 12.9. The zero-order chi connectivity index (χ0) is 19.1. The van der Waals surface area contributed by atoms with Crippen LogP contribution in [0, 0.1) is 5.92 Å². The predicted octanol–water partition coefficient (Wildman–Crippen LogP) is 3.28. The number of carbonyl (C=O) groups excluding carboxylic acids is 1. The van der Waals surface area contributed by atoms with Crippen molar-refractivity contribution in [2.45, 2.75) is 58.7 Å². The molecule has 4 rings (SSSR count). The number of pyridine rings is 1. The van der Waals surface area contributed by atoms with Gasteiger partial charge in [0.2, 0.25) is 0 Å². The molecule has 6 nitrogen and oxygen atoms in total. The van der Waals surface area contributed by atoms with Crippen molar-refractivity contribution in [3.63, 3.8) is 0 Å². The van der Waals surface area contributed by atoms with Crippen LogP contribution in [-0.2, 0) is 0 Å². The lowest BCUT2D eigenvalue weighted by atomic mass is 9.97. The zero-order valence-electron chi connectivity index (χ0n) is 16.7. The van der Waals surface area contributed by atoms with Crippen LogP contribution in [0.5, 0.6) is 0 Å². The van der Waals surface area contributed by atoms with Gasteiger partial charge in [0.25, 0.3) is 5.91 Å². The van der Waals surface area contributed by atoms with Crippen molar-refractivity contribution in [3.05, 3.63) is 24.0 Å². The largest absolute Gasteiger partial charge is 0.440 e. The molecular formula is C21H30N4O2. The summed E-state index contributed by atoms with van der Waals surface area (Å²) >= 11 is 0. The van der Waals surface area contributed by atoms with Crippen LogP contribution in [0.15, 0.2) is 22.7 Å². The van der Waals surface area contributed by atoms with Crippen LogP contribution in [0.25, 0.3) is 11.0 Å². The maximum atomic E-state index is 12.7. The Hall–Kier alpha value is -2.08. The molecule has 2 fully saturated rings. The molecule has 1 amide bonds. The van der Waals surface area contributed by atoms with Crippen LogP contribution >= 0.6 is 0 Å². The molecule has 0 aliphatic carbocycles. The minimum Gasteiger partial charge on any atom is -0.440 e. The van der Waals surface area contributed by atoms with E-state index in [1.165, 1.54) is 19.5 Å². The fraction of sp³-hybridized carbons (Fsp3) is 0.619. The number of furan rings is 1. The van der Waals surface area contributed by atoms with Crippen molar-refractivity contribution in [2.24, 2.45) is 5.92 Å². The number of fused-ring (bicyclic) bond motifs is 3. The number of hydrogen-bond acceptors (Lipinski definition) is 5. The summed E-state index contributed by atoms with van der Waals surface area (Å²) in [7, 11) is 0. The van der Waals surface area contributed by atoms with Crippen LogP contribution < -0.4 is 10.2 Å². The van der Waals surface area contributed by atoms with Crippen molar-refractivity contribution in [2.75, 3.05) is 24.5 Å². The Kier molecular flexibility index (Phi) is 4.84. The molecule has 2 aliphatic rings. The quantitative estimate of drug-likeness (QED) is 0.875. The van der Waals surface area contributed by atoms with E-state index in [0.29, 0.717) is 23.4 Å². The monoisotopic (exact) mass is 370 g/mol. The lowest BCUT2D eigenvalue weighted by molar-refractivity contribution is 0.0904. The third kappa shape index (κ3) is 3.68. The number of rotatable bonds is 5. The van der Waals surface area contributed by atoms with Crippen molar-refractivity contribution >= 4 is 22.8 Å². The van der Waals surface area contributed by atoms with Gasteiger partial charge in [0.05, 0.1) is 0 Å². The van der Waals surface area contributed by atoms with E-state index in [-0.39, 0.29) is 11.9 Å². The highest BCUT2D eigenvalue weighted by Crippen LogP contribution is 2.29. The minimum atomic E-state index is -0.105. The molecule has 0 radical (unpaired) electrons. The highest BCUT2D eigenvalue weighted by molar-refractivity contribution is 5.95. The number of anilines is 1. The van der Waals surface area contributed by atoms with Crippen molar-refractivity contribution in [1.29, 1.82) is 0 Å². The second-order valence-electron chi connectivity index (χ2n) is 8.61. The fourth-order valence-corrected chi connectivity index (χ4v) is 4.70. The van der Waals surface area contributed by atoms with E-state index in [0.717, 1.165) is 30.2 Å². The summed E-state index contributed by atoms with van der Waals surface area (Å²) < 4.78 is 6.08. The number of hydrogen-bond donors (Lipinski definition) is 1. The van der Waals surface area contributed by atoms with Crippen LogP contribution in [0.4, 0.5) is 5.88 Å². The van der Waals surface area contributed by atoms with E-state index in [9.17, 15) is 4.79 Å². The third-order valence-corrected chi connectivity index (χ3v) is 5.79. The number of carbonyl (C=O) groups is 1. The molecule has 1 unspecified atom stereocenters. The first-order valence-corrected chi connectivity index (χ1v) is 10.1. The molecule has 1 N–H and O–H groups in total. The second-order valence-corrected chi connectivity index (χ2v) is 8.61. The smallest absolute Gasteiger partial charge is 0.270 e. The van der Waals surface area contributed by atoms with Crippen LogP contribution in [0.3, 0.4) is 0 Å². The van der Waals surface area contributed by atoms with Gasteiger partial charge in [0.1, 0.15) is 11.3 Å². The lowest BCUT2D eigenvalue weighted by Crippen LogP contribution is -2.47. The minimum absolute atomic E-state index is 0.105. The van der Waals surface area contributed by atoms with E-state index in [4.69, 9.17) is 4.42 Å². The number of nitrogens with zero attached hydrogens (tertiary/aromatic N) is 3. The Labute approximate surface area is 160 Å².